The number of rotatable bonds is 2. The minimum Gasteiger partial charge on any atom is -0.876 e. The maximum Gasteiger partial charge on any atom is 4.00 e. The van der Waals surface area contributed by atoms with Crippen molar-refractivity contribution in [2.45, 2.75) is 27.7 Å². The molecule has 0 radical (unpaired) electrons. The molecule has 0 N–H and O–H groups in total. The maximum atomic E-state index is 9.98. The van der Waals surface area contributed by atoms with Gasteiger partial charge in [-0.3, -0.25) is 9.59 Å². The maximum absolute atomic E-state index is 9.98. The van der Waals surface area contributed by atoms with Gasteiger partial charge in [0.05, 0.1) is 0 Å². The van der Waals surface area contributed by atoms with Crippen LogP contribution in [0.3, 0.4) is 0 Å². The Morgan fingerprint density at radius 3 is 1.00 bits per heavy atom. The van der Waals surface area contributed by atoms with Crippen molar-refractivity contribution in [3.63, 3.8) is 0 Å². The van der Waals surface area contributed by atoms with Crippen LogP contribution >= 0.6 is 0 Å². The molecule has 0 aliphatic rings. The molecule has 80 valence electrons. The third-order valence-corrected chi connectivity index (χ3v) is 0.813. The average Bonchev–Trinajstić information content (AvgIpc) is 1.79. The number of allylic oxidation sites excluding steroid dienone is 4. The number of carbonyl (C=O) groups is 2. The monoisotopic (exact) mass is 246 g/mol. The van der Waals surface area contributed by atoms with Crippen molar-refractivity contribution in [3.8, 4) is 0 Å². The van der Waals surface area contributed by atoms with Crippen molar-refractivity contribution >= 4 is 11.6 Å². The van der Waals surface area contributed by atoms with Crippen LogP contribution in [-0.4, -0.2) is 11.6 Å². The summed E-state index contributed by atoms with van der Waals surface area (Å²) in [6.45, 7) is 5.39. The van der Waals surface area contributed by atoms with Crippen molar-refractivity contribution in [2.75, 3.05) is 0 Å². The molecule has 0 aromatic carbocycles. The van der Waals surface area contributed by atoms with Crippen LogP contribution in [0.4, 0.5) is 0 Å². The molecule has 0 unspecified atom stereocenters. The van der Waals surface area contributed by atoms with E-state index in [1.807, 2.05) is 0 Å². The van der Waals surface area contributed by atoms with Gasteiger partial charge in [0, 0.05) is 0 Å². The molecule has 0 spiro atoms. The molecular weight excluding hydrogens is 232 g/mol. The molecule has 0 fully saturated rings. The fraction of sp³-hybridized carbons (Fsp3) is 0.400. The minimum atomic E-state index is -0.187. The topological polar surface area (TPSA) is 80.3 Å². The molecule has 0 heterocycles. The van der Waals surface area contributed by atoms with Crippen LogP contribution in [0.5, 0.6) is 0 Å². The quantitative estimate of drug-likeness (QED) is 0.380. The van der Waals surface area contributed by atoms with Crippen LogP contribution in [0, 0.1) is 0 Å². The van der Waals surface area contributed by atoms with Gasteiger partial charge >= 0.3 is 21.7 Å². The summed E-state index contributed by atoms with van der Waals surface area (Å²) in [5.41, 5.74) is 0. The van der Waals surface area contributed by atoms with Gasteiger partial charge in [-0.2, -0.15) is 0 Å². The first kappa shape index (κ1) is 19.7. The predicted octanol–water partition coefficient (Wildman–Crippen LogP) is -0.324. The molecule has 0 saturated heterocycles. The van der Waals surface area contributed by atoms with E-state index in [9.17, 15) is 19.8 Å². The van der Waals surface area contributed by atoms with E-state index in [-0.39, 0.29) is 44.8 Å². The molecule has 0 atom stereocenters. The van der Waals surface area contributed by atoms with E-state index in [0.29, 0.717) is 0 Å². The number of carbonyl (C=O) groups excluding carboxylic acids is 2. The van der Waals surface area contributed by atoms with E-state index in [1.165, 1.54) is 27.7 Å². The summed E-state index contributed by atoms with van der Waals surface area (Å²) in [4.78, 5) is 20.0. The van der Waals surface area contributed by atoms with E-state index in [0.717, 1.165) is 12.2 Å². The SMILES string of the molecule is CC(=O)/C=C(/C)[O-].CC(=O)/C=C(/C)[O-].[Ti+4]. The molecule has 0 aromatic rings. The molecule has 5 heteroatoms. The standard InChI is InChI=1S/2C5H8O2.Ti/c2*1-4(6)3-5(2)7;/h2*3,6H,1-2H3;/q;;+4/p-2/b2*4-3-;. The smallest absolute Gasteiger partial charge is 0.876 e. The molecule has 0 amide bonds. The van der Waals surface area contributed by atoms with Crippen LogP contribution in [0.25, 0.3) is 0 Å². The summed E-state index contributed by atoms with van der Waals surface area (Å²) in [5.74, 6) is -0.750. The third-order valence-electron chi connectivity index (χ3n) is 0.813. The largest absolute Gasteiger partial charge is 4.00 e. The normalized spacial score (nSPS) is 10.7. The third kappa shape index (κ3) is 32.0. The van der Waals surface area contributed by atoms with Gasteiger partial charge in [-0.25, -0.2) is 0 Å². The van der Waals surface area contributed by atoms with Gasteiger partial charge in [0.25, 0.3) is 0 Å². The zero-order valence-corrected chi connectivity index (χ0v) is 10.8. The number of ketones is 2. The van der Waals surface area contributed by atoms with Crippen LogP contribution in [0.1, 0.15) is 27.7 Å². The fourth-order valence-corrected chi connectivity index (χ4v) is 0.572. The van der Waals surface area contributed by atoms with E-state index in [1.54, 1.807) is 0 Å². The first-order valence-corrected chi connectivity index (χ1v) is 3.97. The Morgan fingerprint density at radius 2 is 1.00 bits per heavy atom. The predicted molar refractivity (Wildman–Crippen MR) is 48.9 cm³/mol. The summed E-state index contributed by atoms with van der Waals surface area (Å²) in [6.07, 6.45) is 2.11. The van der Waals surface area contributed by atoms with Crippen LogP contribution in [-0.2, 0) is 31.3 Å². The Morgan fingerprint density at radius 1 is 0.800 bits per heavy atom. The Hall–Kier alpha value is -0.866. The van der Waals surface area contributed by atoms with Gasteiger partial charge in [-0.15, -0.1) is 11.5 Å². The first-order chi connectivity index (χ1) is 6.25. The van der Waals surface area contributed by atoms with Gasteiger partial charge in [-0.1, -0.05) is 13.8 Å². The summed E-state index contributed by atoms with van der Waals surface area (Å²) < 4.78 is 0. The Balaban J connectivity index is -0.000000180. The van der Waals surface area contributed by atoms with E-state index in [2.05, 4.69) is 0 Å². The molecule has 0 bridgehead atoms. The van der Waals surface area contributed by atoms with Gasteiger partial charge in [0.15, 0.2) is 11.6 Å². The van der Waals surface area contributed by atoms with Crippen molar-refractivity contribution in [3.05, 3.63) is 23.7 Å². The second-order valence-electron chi connectivity index (χ2n) is 2.73. The van der Waals surface area contributed by atoms with Gasteiger partial charge in [-0.05, 0) is 26.0 Å². The molecule has 0 aliphatic heterocycles. The van der Waals surface area contributed by atoms with E-state index in [4.69, 9.17) is 0 Å². The minimum absolute atomic E-state index is 0. The number of hydrogen-bond acceptors (Lipinski definition) is 4. The zero-order valence-electron chi connectivity index (χ0n) is 9.29. The fourth-order valence-electron chi connectivity index (χ4n) is 0.572. The molecule has 0 rings (SSSR count). The van der Waals surface area contributed by atoms with Gasteiger partial charge < -0.3 is 10.2 Å². The van der Waals surface area contributed by atoms with Crippen molar-refractivity contribution in [2.24, 2.45) is 0 Å². The molecule has 15 heavy (non-hydrogen) atoms. The van der Waals surface area contributed by atoms with Crippen LogP contribution in [0.15, 0.2) is 23.7 Å². The summed E-state index contributed by atoms with van der Waals surface area (Å²) >= 11 is 0. The molecule has 0 aromatic heterocycles. The van der Waals surface area contributed by atoms with E-state index >= 15 is 0 Å². The molecule has 4 nitrogen and oxygen atoms in total. The first-order valence-electron chi connectivity index (χ1n) is 3.97. The van der Waals surface area contributed by atoms with Crippen LogP contribution < -0.4 is 10.2 Å². The molecule has 0 saturated carbocycles. The Bertz CT molecular complexity index is 231. The molecule has 0 aliphatic carbocycles. The Labute approximate surface area is 105 Å². The van der Waals surface area contributed by atoms with Gasteiger partial charge in [0.2, 0.25) is 0 Å². The van der Waals surface area contributed by atoms with E-state index < -0.39 is 0 Å². The zero-order chi connectivity index (χ0) is 11.7. The van der Waals surface area contributed by atoms with Crippen molar-refractivity contribution in [1.82, 2.24) is 0 Å². The second kappa shape index (κ2) is 11.2. The van der Waals surface area contributed by atoms with Gasteiger partial charge in [0.1, 0.15) is 0 Å². The summed E-state index contributed by atoms with van der Waals surface area (Å²) in [5, 5.41) is 20.0. The average molecular weight is 246 g/mol. The Kier molecular flexibility index (Phi) is 14.7. The summed E-state index contributed by atoms with van der Waals surface area (Å²) in [6, 6.07) is 0. The van der Waals surface area contributed by atoms with Crippen molar-refractivity contribution < 1.29 is 41.5 Å². The van der Waals surface area contributed by atoms with Crippen LogP contribution in [0.2, 0.25) is 0 Å². The second-order valence-corrected chi connectivity index (χ2v) is 2.73. The van der Waals surface area contributed by atoms with Crippen molar-refractivity contribution in [1.29, 1.82) is 0 Å². The molecular formula is C10H14O4Ti+2. The summed E-state index contributed by atoms with van der Waals surface area (Å²) in [7, 11) is 0. The number of hydrogen-bond donors (Lipinski definition) is 0.